The average Bonchev–Trinajstić information content (AvgIpc) is 2.97. The molecule has 0 unspecified atom stereocenters. The van der Waals surface area contributed by atoms with Gasteiger partial charge in [-0.05, 0) is 62.5 Å². The molecule has 0 aliphatic heterocycles. The van der Waals surface area contributed by atoms with Gasteiger partial charge in [0.2, 0.25) is 0 Å². The third kappa shape index (κ3) is 3.92. The van der Waals surface area contributed by atoms with Crippen molar-refractivity contribution in [1.82, 2.24) is 0 Å². The number of aromatic hydroxyl groups is 1. The predicted molar refractivity (Wildman–Crippen MR) is 94.8 cm³/mol. The first-order chi connectivity index (χ1) is 12.0. The second-order valence-electron chi connectivity index (χ2n) is 5.95. The van der Waals surface area contributed by atoms with E-state index in [1.807, 2.05) is 19.1 Å². The van der Waals surface area contributed by atoms with E-state index in [9.17, 15) is 14.7 Å². The molecule has 2 rings (SSSR count). The Morgan fingerprint density at radius 2 is 1.56 bits per heavy atom. The van der Waals surface area contributed by atoms with Gasteiger partial charge in [-0.15, -0.1) is 0 Å². The summed E-state index contributed by atoms with van der Waals surface area (Å²) >= 11 is 0. The third-order valence-corrected chi connectivity index (χ3v) is 4.31. The second kappa shape index (κ2) is 8.01. The SMILES string of the molecule is C/C=C1\CC(C(=O)OCC)(C(=O)OCC)C\C1=C\c1ccc(O)cc1. The zero-order valence-electron chi connectivity index (χ0n) is 14.9. The topological polar surface area (TPSA) is 72.8 Å². The second-order valence-corrected chi connectivity index (χ2v) is 5.95. The molecule has 1 saturated carbocycles. The molecular formula is C20H24O5. The molecule has 25 heavy (non-hydrogen) atoms. The first-order valence-corrected chi connectivity index (χ1v) is 8.46. The van der Waals surface area contributed by atoms with Crippen LogP contribution in [-0.4, -0.2) is 30.3 Å². The van der Waals surface area contributed by atoms with Crippen molar-refractivity contribution in [3.63, 3.8) is 0 Å². The standard InChI is InChI=1S/C20H24O5/c1-4-15-12-20(18(22)24-5-2,19(23)25-6-3)13-16(15)11-14-7-9-17(21)10-8-14/h4,7-11,21H,5-6,12-13H2,1-3H3/b15-4+,16-11-. The van der Waals surface area contributed by atoms with E-state index in [4.69, 9.17) is 9.47 Å². The number of hydrogen-bond donors (Lipinski definition) is 1. The van der Waals surface area contributed by atoms with Crippen molar-refractivity contribution in [2.45, 2.75) is 33.6 Å². The molecule has 0 spiro atoms. The molecule has 0 saturated heterocycles. The summed E-state index contributed by atoms with van der Waals surface area (Å²) in [4.78, 5) is 25.2. The van der Waals surface area contributed by atoms with E-state index >= 15 is 0 Å². The van der Waals surface area contributed by atoms with E-state index in [0.29, 0.717) is 0 Å². The van der Waals surface area contributed by atoms with E-state index < -0.39 is 17.4 Å². The minimum absolute atomic E-state index is 0.187. The molecule has 134 valence electrons. The van der Waals surface area contributed by atoms with Gasteiger partial charge in [-0.2, -0.15) is 0 Å². The van der Waals surface area contributed by atoms with Crippen LogP contribution in [0.2, 0.25) is 0 Å². The Morgan fingerprint density at radius 3 is 2.04 bits per heavy atom. The molecule has 1 aliphatic rings. The fourth-order valence-electron chi connectivity index (χ4n) is 3.05. The molecule has 0 aromatic heterocycles. The Hall–Kier alpha value is -2.56. The van der Waals surface area contributed by atoms with Crippen LogP contribution in [0.5, 0.6) is 5.75 Å². The highest BCUT2D eigenvalue weighted by molar-refractivity contribution is 6.02. The molecule has 1 fully saturated rings. The monoisotopic (exact) mass is 344 g/mol. The maximum absolute atomic E-state index is 12.6. The number of esters is 2. The Bertz CT molecular complexity index is 679. The van der Waals surface area contributed by atoms with Crippen molar-refractivity contribution >= 4 is 18.0 Å². The van der Waals surface area contributed by atoms with Gasteiger partial charge in [-0.25, -0.2) is 0 Å². The van der Waals surface area contributed by atoms with Gasteiger partial charge in [0.1, 0.15) is 5.75 Å². The zero-order valence-corrected chi connectivity index (χ0v) is 14.9. The number of ether oxygens (including phenoxy) is 2. The van der Waals surface area contributed by atoms with Crippen LogP contribution in [0.1, 0.15) is 39.2 Å². The summed E-state index contributed by atoms with van der Waals surface area (Å²) in [6.07, 6.45) is 4.34. The first-order valence-electron chi connectivity index (χ1n) is 8.46. The summed E-state index contributed by atoms with van der Waals surface area (Å²) in [6, 6.07) is 6.76. The molecule has 0 atom stereocenters. The highest BCUT2D eigenvalue weighted by Crippen LogP contribution is 2.47. The van der Waals surface area contributed by atoms with Crippen molar-refractivity contribution < 1.29 is 24.2 Å². The Morgan fingerprint density at radius 1 is 1.04 bits per heavy atom. The van der Waals surface area contributed by atoms with Gasteiger partial charge in [0.25, 0.3) is 0 Å². The lowest BCUT2D eigenvalue weighted by atomic mass is 9.85. The molecule has 1 N–H and O–H groups in total. The molecule has 0 bridgehead atoms. The van der Waals surface area contributed by atoms with E-state index in [1.165, 1.54) is 0 Å². The number of rotatable bonds is 5. The molecule has 0 radical (unpaired) electrons. The molecule has 1 aromatic rings. The van der Waals surface area contributed by atoms with E-state index in [1.54, 1.807) is 38.1 Å². The minimum Gasteiger partial charge on any atom is -0.508 e. The van der Waals surface area contributed by atoms with Crippen molar-refractivity contribution in [2.75, 3.05) is 13.2 Å². The summed E-state index contributed by atoms with van der Waals surface area (Å²) in [5.74, 6) is -0.893. The number of allylic oxidation sites excluding steroid dienone is 3. The lowest BCUT2D eigenvalue weighted by molar-refractivity contribution is -0.171. The van der Waals surface area contributed by atoms with Gasteiger partial charge in [-0.1, -0.05) is 24.3 Å². The average molecular weight is 344 g/mol. The number of phenolic OH excluding ortho intramolecular Hbond substituents is 1. The molecule has 1 aliphatic carbocycles. The number of hydrogen-bond acceptors (Lipinski definition) is 5. The molecule has 5 heteroatoms. The van der Waals surface area contributed by atoms with Crippen LogP contribution in [0, 0.1) is 5.41 Å². The maximum Gasteiger partial charge on any atom is 0.324 e. The molecule has 5 nitrogen and oxygen atoms in total. The minimum atomic E-state index is -1.32. The van der Waals surface area contributed by atoms with Crippen LogP contribution < -0.4 is 0 Å². The fourth-order valence-corrected chi connectivity index (χ4v) is 3.05. The lowest BCUT2D eigenvalue weighted by Gasteiger charge is -2.23. The third-order valence-electron chi connectivity index (χ3n) is 4.31. The maximum atomic E-state index is 12.6. The Labute approximate surface area is 147 Å². The number of phenols is 1. The van der Waals surface area contributed by atoms with Crippen LogP contribution in [0.4, 0.5) is 0 Å². The van der Waals surface area contributed by atoms with Gasteiger partial charge in [0.05, 0.1) is 13.2 Å². The van der Waals surface area contributed by atoms with Crippen molar-refractivity contribution in [3.8, 4) is 5.75 Å². The number of carbonyl (C=O) groups is 2. The summed E-state index contributed by atoms with van der Waals surface area (Å²) in [6.45, 7) is 5.74. The molecule has 0 amide bonds. The predicted octanol–water partition coefficient (Wildman–Crippen LogP) is 3.63. The summed E-state index contributed by atoms with van der Waals surface area (Å²) in [5.41, 5.74) is 1.38. The summed E-state index contributed by atoms with van der Waals surface area (Å²) in [5, 5.41) is 9.41. The highest BCUT2D eigenvalue weighted by Gasteiger charge is 2.54. The van der Waals surface area contributed by atoms with Gasteiger partial charge < -0.3 is 14.6 Å². The van der Waals surface area contributed by atoms with Gasteiger partial charge in [0.15, 0.2) is 5.41 Å². The molecule has 0 heterocycles. The summed E-state index contributed by atoms with van der Waals surface area (Å²) in [7, 11) is 0. The van der Waals surface area contributed by atoms with Crippen molar-refractivity contribution in [3.05, 3.63) is 47.1 Å². The van der Waals surface area contributed by atoms with Crippen molar-refractivity contribution in [1.29, 1.82) is 0 Å². The molecule has 1 aromatic carbocycles. The smallest absolute Gasteiger partial charge is 0.324 e. The fraction of sp³-hybridized carbons (Fsp3) is 0.400. The van der Waals surface area contributed by atoms with Gasteiger partial charge in [-0.3, -0.25) is 9.59 Å². The first kappa shape index (κ1) is 18.8. The largest absolute Gasteiger partial charge is 0.508 e. The highest BCUT2D eigenvalue weighted by atomic mass is 16.6. The Balaban J connectivity index is 2.42. The van der Waals surface area contributed by atoms with Gasteiger partial charge in [0, 0.05) is 0 Å². The number of carbonyl (C=O) groups excluding carboxylic acids is 2. The Kier molecular flexibility index (Phi) is 6.02. The lowest BCUT2D eigenvalue weighted by Crippen LogP contribution is -2.39. The summed E-state index contributed by atoms with van der Waals surface area (Å²) < 4.78 is 10.4. The van der Waals surface area contributed by atoms with Crippen LogP contribution in [-0.2, 0) is 19.1 Å². The quantitative estimate of drug-likeness (QED) is 0.652. The van der Waals surface area contributed by atoms with E-state index in [0.717, 1.165) is 16.7 Å². The molecular weight excluding hydrogens is 320 g/mol. The van der Waals surface area contributed by atoms with Crippen LogP contribution in [0.25, 0.3) is 6.08 Å². The van der Waals surface area contributed by atoms with Crippen LogP contribution in [0.3, 0.4) is 0 Å². The van der Waals surface area contributed by atoms with Crippen molar-refractivity contribution in [2.24, 2.45) is 5.41 Å². The number of benzene rings is 1. The van der Waals surface area contributed by atoms with Crippen LogP contribution in [0.15, 0.2) is 41.5 Å². The van der Waals surface area contributed by atoms with E-state index in [-0.39, 0.29) is 31.8 Å². The van der Waals surface area contributed by atoms with Crippen LogP contribution >= 0.6 is 0 Å². The normalized spacial score (nSPS) is 19.2. The van der Waals surface area contributed by atoms with E-state index in [2.05, 4.69) is 0 Å². The van der Waals surface area contributed by atoms with Gasteiger partial charge >= 0.3 is 11.9 Å². The zero-order chi connectivity index (χ0) is 18.4.